The Morgan fingerprint density at radius 1 is 0.544 bits per heavy atom. The van der Waals surface area contributed by atoms with Crippen molar-refractivity contribution >= 4 is 19.8 Å². The Hall–Kier alpha value is -2.03. The molecule has 0 aromatic carbocycles. The number of rotatable bonds is 41. The van der Waals surface area contributed by atoms with Crippen molar-refractivity contribution in [2.45, 2.75) is 193 Å². The van der Waals surface area contributed by atoms with Crippen molar-refractivity contribution in [3.63, 3.8) is 0 Å². The lowest BCUT2D eigenvalue weighted by Crippen LogP contribution is -2.37. The number of allylic oxidation sites excluding steroid dienone is 8. The summed E-state index contributed by atoms with van der Waals surface area (Å²) in [7, 11) is 1.46. The highest BCUT2D eigenvalue weighted by molar-refractivity contribution is 7.47. The molecule has 0 aromatic rings. The Bertz CT molecular complexity index is 1110. The van der Waals surface area contributed by atoms with Gasteiger partial charge in [0.2, 0.25) is 0 Å². The minimum atomic E-state index is -4.38. The van der Waals surface area contributed by atoms with E-state index in [0.29, 0.717) is 23.9 Å². The molecule has 0 fully saturated rings. The van der Waals surface area contributed by atoms with Crippen molar-refractivity contribution in [3.8, 4) is 0 Å². The van der Waals surface area contributed by atoms with E-state index in [1.165, 1.54) is 96.3 Å². The van der Waals surface area contributed by atoms with Crippen molar-refractivity contribution in [1.82, 2.24) is 0 Å². The topological polar surface area (TPSA) is 108 Å². The summed E-state index contributed by atoms with van der Waals surface area (Å²) in [5.74, 6) is -0.832. The first-order chi connectivity index (χ1) is 27.5. The predicted molar refractivity (Wildman–Crippen MR) is 238 cm³/mol. The Balaban J connectivity index is 4.39. The third kappa shape index (κ3) is 43.4. The maximum atomic E-state index is 12.7. The first-order valence-electron chi connectivity index (χ1n) is 22.9. The zero-order chi connectivity index (χ0) is 42.1. The number of hydrogen-bond acceptors (Lipinski definition) is 7. The maximum absolute atomic E-state index is 12.7. The molecule has 1 N–H and O–H groups in total. The molecular formula is C47H87NO8P+. The Morgan fingerprint density at radius 3 is 1.44 bits per heavy atom. The van der Waals surface area contributed by atoms with E-state index in [2.05, 4.69) is 62.5 Å². The van der Waals surface area contributed by atoms with Gasteiger partial charge in [0.25, 0.3) is 0 Å². The van der Waals surface area contributed by atoms with Crippen molar-refractivity contribution < 1.29 is 42.1 Å². The molecule has 0 saturated heterocycles. The van der Waals surface area contributed by atoms with Gasteiger partial charge in [-0.3, -0.25) is 18.6 Å². The number of nitrogens with zero attached hydrogens (tertiary/aromatic N) is 1. The number of phosphoric acid groups is 1. The summed E-state index contributed by atoms with van der Waals surface area (Å²) in [5.41, 5.74) is 0. The van der Waals surface area contributed by atoms with Gasteiger partial charge in [0.1, 0.15) is 19.8 Å². The van der Waals surface area contributed by atoms with Crippen LogP contribution in [0.4, 0.5) is 0 Å². The van der Waals surface area contributed by atoms with Crippen LogP contribution < -0.4 is 0 Å². The first-order valence-corrected chi connectivity index (χ1v) is 24.4. The minimum absolute atomic E-state index is 0.0260. The number of esters is 2. The van der Waals surface area contributed by atoms with E-state index in [9.17, 15) is 19.0 Å². The molecule has 57 heavy (non-hydrogen) atoms. The number of phosphoric ester groups is 1. The highest BCUT2D eigenvalue weighted by Crippen LogP contribution is 2.43. The highest BCUT2D eigenvalue weighted by Gasteiger charge is 2.27. The summed E-state index contributed by atoms with van der Waals surface area (Å²) in [4.78, 5) is 35.4. The monoisotopic (exact) mass is 825 g/mol. The molecule has 2 atom stereocenters. The second-order valence-electron chi connectivity index (χ2n) is 16.4. The smallest absolute Gasteiger partial charge is 0.462 e. The SMILES string of the molecule is CCCCC/C=C/C/C=C/C/C=C/C/C=C/CCCCCC(=O)OC[C@@H](COP(=O)(O)OCC[N+](C)(C)C)OC(=O)CCCCCCCCCCCCCCCC. The van der Waals surface area contributed by atoms with Gasteiger partial charge in [0, 0.05) is 12.8 Å². The minimum Gasteiger partial charge on any atom is -0.462 e. The quantitative estimate of drug-likeness (QED) is 0.0213. The summed E-state index contributed by atoms with van der Waals surface area (Å²) < 4.78 is 34.3. The predicted octanol–water partition coefficient (Wildman–Crippen LogP) is 13.1. The number of unbranched alkanes of at least 4 members (excludes halogenated alkanes) is 19. The van der Waals surface area contributed by atoms with Crippen LogP contribution in [-0.2, 0) is 32.7 Å². The van der Waals surface area contributed by atoms with Crippen LogP contribution in [-0.4, -0.2) is 74.9 Å². The summed E-state index contributed by atoms with van der Waals surface area (Å²) in [5, 5.41) is 0. The van der Waals surface area contributed by atoms with E-state index in [0.717, 1.165) is 51.4 Å². The van der Waals surface area contributed by atoms with Crippen LogP contribution in [0.15, 0.2) is 48.6 Å². The van der Waals surface area contributed by atoms with Crippen molar-refractivity contribution in [3.05, 3.63) is 48.6 Å². The van der Waals surface area contributed by atoms with Crippen molar-refractivity contribution in [2.24, 2.45) is 0 Å². The van der Waals surface area contributed by atoms with E-state index in [1.54, 1.807) is 0 Å². The van der Waals surface area contributed by atoms with Gasteiger partial charge < -0.3 is 18.9 Å². The largest absolute Gasteiger partial charge is 0.472 e. The fraction of sp³-hybridized carbons (Fsp3) is 0.787. The van der Waals surface area contributed by atoms with Gasteiger partial charge in [-0.25, -0.2) is 4.57 Å². The van der Waals surface area contributed by atoms with Crippen molar-refractivity contribution in [2.75, 3.05) is 47.5 Å². The Morgan fingerprint density at radius 2 is 0.947 bits per heavy atom. The van der Waals surface area contributed by atoms with Gasteiger partial charge >= 0.3 is 19.8 Å². The van der Waals surface area contributed by atoms with Gasteiger partial charge in [-0.05, 0) is 57.8 Å². The number of ether oxygens (including phenoxy) is 2. The lowest BCUT2D eigenvalue weighted by molar-refractivity contribution is -0.870. The van der Waals surface area contributed by atoms with E-state index in [1.807, 2.05) is 21.1 Å². The second kappa shape index (κ2) is 39.4. The van der Waals surface area contributed by atoms with E-state index >= 15 is 0 Å². The van der Waals surface area contributed by atoms with Gasteiger partial charge in [0.05, 0.1) is 27.7 Å². The van der Waals surface area contributed by atoms with Crippen LogP contribution in [0.3, 0.4) is 0 Å². The molecule has 0 amide bonds. The number of carbonyl (C=O) groups excluding carboxylic acids is 2. The molecule has 0 saturated carbocycles. The van der Waals surface area contributed by atoms with Crippen molar-refractivity contribution in [1.29, 1.82) is 0 Å². The number of carbonyl (C=O) groups is 2. The molecule has 332 valence electrons. The number of hydrogen-bond donors (Lipinski definition) is 1. The average molecular weight is 825 g/mol. The van der Waals surface area contributed by atoms with Gasteiger partial charge in [-0.15, -0.1) is 0 Å². The molecule has 0 aliphatic carbocycles. The highest BCUT2D eigenvalue weighted by atomic mass is 31.2. The van der Waals surface area contributed by atoms with Crippen LogP contribution in [0.2, 0.25) is 0 Å². The van der Waals surface area contributed by atoms with Crippen LogP contribution in [0.25, 0.3) is 0 Å². The van der Waals surface area contributed by atoms with E-state index in [-0.39, 0.29) is 26.1 Å². The lowest BCUT2D eigenvalue weighted by atomic mass is 10.0. The summed E-state index contributed by atoms with van der Waals surface area (Å²) in [6.07, 6.45) is 45.8. The fourth-order valence-corrected chi connectivity index (χ4v) is 6.74. The van der Waals surface area contributed by atoms with Crippen LogP contribution in [0, 0.1) is 0 Å². The van der Waals surface area contributed by atoms with Gasteiger partial charge in [0.15, 0.2) is 6.10 Å². The summed E-state index contributed by atoms with van der Waals surface area (Å²) >= 11 is 0. The zero-order valence-electron chi connectivity index (χ0n) is 37.3. The van der Waals surface area contributed by atoms with Crippen LogP contribution >= 0.6 is 7.82 Å². The Kier molecular flexibility index (Phi) is 38.0. The third-order valence-corrected chi connectivity index (χ3v) is 10.6. The molecule has 0 rings (SSSR count). The van der Waals surface area contributed by atoms with E-state index < -0.39 is 32.5 Å². The average Bonchev–Trinajstić information content (AvgIpc) is 3.16. The lowest BCUT2D eigenvalue weighted by Gasteiger charge is -2.24. The molecule has 1 unspecified atom stereocenters. The molecule has 0 bridgehead atoms. The molecule has 0 heterocycles. The van der Waals surface area contributed by atoms with Gasteiger partial charge in [-0.1, -0.05) is 165 Å². The molecular weight excluding hydrogens is 737 g/mol. The normalized spacial score (nSPS) is 14.0. The standard InChI is InChI=1S/C47H86NO8P/c1-6-8-10-12-14-16-18-20-22-23-24-25-26-28-29-31-33-35-37-39-46(49)53-43-45(44-55-57(51,52)54-42-41-48(3,4)5)56-47(50)40-38-36-34-32-30-27-21-19-17-15-13-11-9-7-2/h14,16,20,22,24-25,28-29,45H,6-13,15,17-19,21,23,26-27,30-44H2,1-5H3/p+1/b16-14+,22-20+,25-24+,29-28+/t45-/m0/s1. The van der Waals surface area contributed by atoms with Crippen LogP contribution in [0.5, 0.6) is 0 Å². The molecule has 9 nitrogen and oxygen atoms in total. The molecule has 10 heteroatoms. The number of likely N-dealkylation sites (N-methyl/N-ethyl adjacent to an activating group) is 1. The number of quaternary nitrogens is 1. The molecule has 0 aliphatic heterocycles. The fourth-order valence-electron chi connectivity index (χ4n) is 6.00. The molecule has 0 aliphatic rings. The first kappa shape index (κ1) is 55.0. The zero-order valence-corrected chi connectivity index (χ0v) is 38.2. The molecule has 0 spiro atoms. The Labute approximate surface area is 350 Å². The molecule has 0 aromatic heterocycles. The second-order valence-corrected chi connectivity index (χ2v) is 17.9. The van der Waals surface area contributed by atoms with Crippen LogP contribution in [0.1, 0.15) is 187 Å². The summed E-state index contributed by atoms with van der Waals surface area (Å²) in [6, 6.07) is 0. The van der Waals surface area contributed by atoms with E-state index in [4.69, 9.17) is 18.5 Å². The molecule has 0 radical (unpaired) electrons. The summed E-state index contributed by atoms with van der Waals surface area (Å²) in [6.45, 7) is 4.36. The van der Waals surface area contributed by atoms with Gasteiger partial charge in [-0.2, -0.15) is 0 Å². The third-order valence-electron chi connectivity index (χ3n) is 9.61. The maximum Gasteiger partial charge on any atom is 0.472 e.